The Hall–Kier alpha value is -4.67. The van der Waals surface area contributed by atoms with Gasteiger partial charge >= 0.3 is 6.18 Å². The van der Waals surface area contributed by atoms with Crippen LogP contribution in [-0.2, 0) is 17.4 Å². The highest BCUT2D eigenvalue weighted by Gasteiger charge is 2.32. The number of alkyl halides is 3. The number of amides is 1. The molecule has 0 N–H and O–H groups in total. The van der Waals surface area contributed by atoms with Crippen molar-refractivity contribution in [2.75, 3.05) is 31.1 Å². The summed E-state index contributed by atoms with van der Waals surface area (Å²) in [5.41, 5.74) is 11.8. The molecule has 2 aliphatic heterocycles. The summed E-state index contributed by atoms with van der Waals surface area (Å²) in [7, 11) is 0. The van der Waals surface area contributed by atoms with Crippen LogP contribution in [0.4, 0.5) is 18.9 Å². The lowest BCUT2D eigenvalue weighted by Crippen LogP contribution is -2.29. The summed E-state index contributed by atoms with van der Waals surface area (Å²) in [5, 5.41) is 3.13. The third-order valence-corrected chi connectivity index (χ3v) is 7.60. The Morgan fingerprint density at radius 3 is 2.53 bits per heavy atom. The molecule has 43 heavy (non-hydrogen) atoms. The zero-order valence-corrected chi connectivity index (χ0v) is 23.6. The second-order valence-electron chi connectivity index (χ2n) is 10.9. The third kappa shape index (κ3) is 7.40. The van der Waals surface area contributed by atoms with Gasteiger partial charge in [-0.2, -0.15) is 13.2 Å². The van der Waals surface area contributed by atoms with Crippen LogP contribution in [0.2, 0.25) is 0 Å². The number of nitrogens with zero attached hydrogens (tertiary/aromatic N) is 7. The molecular formula is C31H30F3N7O2. The van der Waals surface area contributed by atoms with Crippen molar-refractivity contribution < 1.29 is 22.8 Å². The number of Topliss-reactive ketones (excluding diaryl/α,β-unsaturated/α-hetero) is 1. The summed E-state index contributed by atoms with van der Waals surface area (Å²) < 4.78 is 43.4. The topological polar surface area (TPSA) is 107 Å². The number of carbonyl (C=O) groups is 2. The number of likely N-dealkylation sites (tertiary alicyclic amines) is 1. The Morgan fingerprint density at radius 1 is 1.07 bits per heavy atom. The van der Waals surface area contributed by atoms with E-state index in [1.807, 2.05) is 19.2 Å². The highest BCUT2D eigenvalue weighted by Crippen LogP contribution is 2.35. The monoisotopic (exact) mass is 589 g/mol. The lowest BCUT2D eigenvalue weighted by atomic mass is 9.95. The molecule has 0 spiro atoms. The van der Waals surface area contributed by atoms with E-state index in [1.54, 1.807) is 35.4 Å². The van der Waals surface area contributed by atoms with Gasteiger partial charge in [-0.25, -0.2) is 4.98 Å². The van der Waals surface area contributed by atoms with E-state index in [1.165, 1.54) is 17.1 Å². The van der Waals surface area contributed by atoms with Crippen LogP contribution in [0.5, 0.6) is 0 Å². The first kappa shape index (κ1) is 29.8. The Labute approximate surface area is 246 Å². The van der Waals surface area contributed by atoms with E-state index in [2.05, 4.69) is 19.9 Å². The van der Waals surface area contributed by atoms with Crippen LogP contribution in [0.15, 0.2) is 83.7 Å². The second-order valence-corrected chi connectivity index (χ2v) is 10.9. The lowest BCUT2D eigenvalue weighted by Gasteiger charge is -2.30. The quantitative estimate of drug-likeness (QED) is 0.159. The van der Waals surface area contributed by atoms with E-state index in [-0.39, 0.29) is 30.7 Å². The number of rotatable bonds is 9. The Morgan fingerprint density at radius 2 is 1.84 bits per heavy atom. The van der Waals surface area contributed by atoms with Crippen molar-refractivity contribution in [2.45, 2.75) is 38.8 Å². The van der Waals surface area contributed by atoms with Gasteiger partial charge in [-0.1, -0.05) is 18.2 Å². The Balaban J connectivity index is 1.43. The normalized spacial score (nSPS) is 15.6. The number of aryl methyl sites for hydroxylation is 1. The van der Waals surface area contributed by atoms with Gasteiger partial charge in [0.05, 0.1) is 11.9 Å². The maximum absolute atomic E-state index is 13.9. The minimum Gasteiger partial charge on any atom is -0.343 e. The molecule has 12 heteroatoms. The fourth-order valence-corrected chi connectivity index (χ4v) is 5.47. The van der Waals surface area contributed by atoms with Crippen molar-refractivity contribution >= 4 is 17.4 Å². The Bertz CT molecular complexity index is 1630. The number of imidazole rings is 1. The number of hydrogen-bond donors (Lipinski definition) is 0. The van der Waals surface area contributed by atoms with Crippen LogP contribution in [0.25, 0.3) is 16.1 Å². The molecule has 0 unspecified atom stereocenters. The fourth-order valence-electron chi connectivity index (χ4n) is 5.47. The van der Waals surface area contributed by atoms with E-state index in [0.29, 0.717) is 23.5 Å². The minimum absolute atomic E-state index is 0.0556. The van der Waals surface area contributed by atoms with Gasteiger partial charge in [-0.15, -0.1) is 0 Å². The van der Waals surface area contributed by atoms with E-state index < -0.39 is 17.6 Å². The number of hydrogen-bond acceptors (Lipinski definition) is 5. The molecule has 0 atom stereocenters. The van der Waals surface area contributed by atoms with Crippen molar-refractivity contribution in [3.8, 4) is 5.69 Å². The van der Waals surface area contributed by atoms with Crippen molar-refractivity contribution in [1.29, 1.82) is 0 Å². The molecule has 1 amide bonds. The summed E-state index contributed by atoms with van der Waals surface area (Å²) >= 11 is 0. The third-order valence-electron chi connectivity index (χ3n) is 7.60. The first-order valence-corrected chi connectivity index (χ1v) is 13.9. The van der Waals surface area contributed by atoms with Gasteiger partial charge in [0, 0.05) is 66.4 Å². The molecule has 1 fully saturated rings. The summed E-state index contributed by atoms with van der Waals surface area (Å²) in [6.07, 6.45) is 6.17. The number of anilines is 1. The standard InChI is InChI=1S/C31H30F3N7O2/c1-21-4-5-24(30(43)37-38-35)12-25(21)13-29(42)11-22-10-23(17-39-7-2-3-8-39)19-41(18-22)28-15-26(31(32,33)34)14-27(16-28)40-9-6-36-20-40/h4-6,9-10,12,14-16,19-20H,2-3,7-8,11,13,17-18H2,1H3. The molecule has 2 aromatic carbocycles. The van der Waals surface area contributed by atoms with E-state index in [0.717, 1.165) is 54.8 Å². The highest BCUT2D eigenvalue weighted by molar-refractivity contribution is 5.95. The van der Waals surface area contributed by atoms with Crippen LogP contribution in [0.1, 0.15) is 46.3 Å². The molecule has 2 aliphatic rings. The second kappa shape index (κ2) is 12.7. The van der Waals surface area contributed by atoms with Crippen molar-refractivity contribution in [3.63, 3.8) is 0 Å². The van der Waals surface area contributed by atoms with Crippen LogP contribution >= 0.6 is 0 Å². The number of azide groups is 1. The van der Waals surface area contributed by atoms with Crippen LogP contribution in [0.3, 0.4) is 0 Å². The molecule has 1 saturated heterocycles. The summed E-state index contributed by atoms with van der Waals surface area (Å²) in [5.74, 6) is -0.831. The zero-order valence-electron chi connectivity index (χ0n) is 23.6. The molecule has 3 heterocycles. The van der Waals surface area contributed by atoms with Crippen LogP contribution in [-0.4, -0.2) is 52.3 Å². The van der Waals surface area contributed by atoms with Gasteiger partial charge in [-0.05, 0) is 90.0 Å². The fraction of sp³-hybridized carbons (Fsp3) is 0.323. The average molecular weight is 590 g/mol. The minimum atomic E-state index is -4.55. The van der Waals surface area contributed by atoms with Gasteiger partial charge < -0.3 is 9.47 Å². The van der Waals surface area contributed by atoms with Crippen LogP contribution < -0.4 is 4.90 Å². The molecule has 0 radical (unpaired) electrons. The van der Waals surface area contributed by atoms with Gasteiger partial charge in [0.2, 0.25) is 5.91 Å². The van der Waals surface area contributed by atoms with E-state index in [9.17, 15) is 22.8 Å². The predicted octanol–water partition coefficient (Wildman–Crippen LogP) is 6.58. The largest absolute Gasteiger partial charge is 0.416 e. The first-order valence-electron chi connectivity index (χ1n) is 13.9. The molecule has 222 valence electrons. The molecule has 0 bridgehead atoms. The van der Waals surface area contributed by atoms with Crippen LogP contribution in [0, 0.1) is 6.92 Å². The van der Waals surface area contributed by atoms with Crippen molar-refractivity contribution in [2.24, 2.45) is 5.11 Å². The van der Waals surface area contributed by atoms with E-state index >= 15 is 0 Å². The molecular weight excluding hydrogens is 559 g/mol. The Kier molecular flexibility index (Phi) is 8.79. The molecule has 3 aromatic rings. The molecule has 5 rings (SSSR count). The van der Waals surface area contributed by atoms with Gasteiger partial charge in [0.15, 0.2) is 0 Å². The summed E-state index contributed by atoms with van der Waals surface area (Å²) in [6.45, 7) is 4.59. The van der Waals surface area contributed by atoms with Gasteiger partial charge in [-0.3, -0.25) is 14.5 Å². The number of ketones is 1. The maximum atomic E-state index is 13.9. The molecule has 0 saturated carbocycles. The van der Waals surface area contributed by atoms with Gasteiger partial charge in [0.25, 0.3) is 0 Å². The summed E-state index contributed by atoms with van der Waals surface area (Å²) in [4.78, 5) is 35.9. The maximum Gasteiger partial charge on any atom is 0.416 e. The number of aromatic nitrogens is 2. The molecule has 1 aromatic heterocycles. The smallest absolute Gasteiger partial charge is 0.343 e. The summed E-state index contributed by atoms with van der Waals surface area (Å²) in [6, 6.07) is 8.71. The average Bonchev–Trinajstić information content (AvgIpc) is 3.69. The highest BCUT2D eigenvalue weighted by atomic mass is 19.4. The first-order chi connectivity index (χ1) is 20.6. The number of halogens is 3. The number of carbonyl (C=O) groups excluding carboxylic acids is 2. The molecule has 9 nitrogen and oxygen atoms in total. The molecule has 0 aliphatic carbocycles. The number of benzene rings is 2. The SMILES string of the molecule is Cc1ccc(C(=O)N=[N+]=[N-])cc1CC(=O)CC1=CC(CN2CCCC2)=CN(c2cc(-n3ccnc3)cc(C(F)(F)F)c2)C1. The van der Waals surface area contributed by atoms with Crippen molar-refractivity contribution in [3.05, 3.63) is 111 Å². The lowest BCUT2D eigenvalue weighted by molar-refractivity contribution is -0.137. The predicted molar refractivity (Wildman–Crippen MR) is 156 cm³/mol. The van der Waals surface area contributed by atoms with Crippen molar-refractivity contribution in [1.82, 2.24) is 14.5 Å². The van der Waals surface area contributed by atoms with E-state index in [4.69, 9.17) is 5.53 Å². The van der Waals surface area contributed by atoms with Gasteiger partial charge in [0.1, 0.15) is 5.78 Å². The zero-order chi connectivity index (χ0) is 30.6.